The van der Waals surface area contributed by atoms with Gasteiger partial charge in [-0.25, -0.2) is 9.18 Å². The molecule has 1 aromatic carbocycles. The summed E-state index contributed by atoms with van der Waals surface area (Å²) in [5.74, 6) is 0.370. The normalized spacial score (nSPS) is 27.8. The van der Waals surface area contributed by atoms with Gasteiger partial charge >= 0.3 is 6.09 Å². The number of fused-ring (bicyclic) bond motifs is 3. The number of rotatable bonds is 3. The van der Waals surface area contributed by atoms with Gasteiger partial charge in [-0.05, 0) is 81.8 Å². The zero-order valence-corrected chi connectivity index (χ0v) is 18.8. The fourth-order valence-corrected chi connectivity index (χ4v) is 4.72. The molecule has 32 heavy (non-hydrogen) atoms. The van der Waals surface area contributed by atoms with E-state index in [2.05, 4.69) is 12.2 Å². The lowest BCUT2D eigenvalue weighted by Gasteiger charge is -2.31. The molecule has 2 saturated carbocycles. The predicted octanol–water partition coefficient (Wildman–Crippen LogP) is 4.74. The van der Waals surface area contributed by atoms with Gasteiger partial charge in [-0.2, -0.15) is 0 Å². The summed E-state index contributed by atoms with van der Waals surface area (Å²) < 4.78 is 18.8. The Balaban J connectivity index is 1.43. The van der Waals surface area contributed by atoms with E-state index in [9.17, 15) is 14.0 Å². The van der Waals surface area contributed by atoms with E-state index in [0.717, 1.165) is 29.9 Å². The molecular formula is C25H28FN3O3. The van der Waals surface area contributed by atoms with Crippen molar-refractivity contribution in [2.45, 2.75) is 57.6 Å². The van der Waals surface area contributed by atoms with E-state index in [0.29, 0.717) is 23.9 Å². The minimum absolute atomic E-state index is 0.234. The Morgan fingerprint density at radius 2 is 1.88 bits per heavy atom. The predicted molar refractivity (Wildman–Crippen MR) is 118 cm³/mol. The van der Waals surface area contributed by atoms with Crippen LogP contribution < -0.4 is 10.2 Å². The quantitative estimate of drug-likeness (QED) is 0.753. The summed E-state index contributed by atoms with van der Waals surface area (Å²) in [5.41, 5.74) is 1.84. The molecule has 2 fully saturated rings. The summed E-state index contributed by atoms with van der Waals surface area (Å²) in [4.78, 5) is 32.3. The van der Waals surface area contributed by atoms with Gasteiger partial charge < -0.3 is 10.1 Å². The number of nitrogens with one attached hydrogen (secondary N) is 1. The van der Waals surface area contributed by atoms with Crippen LogP contribution in [0.25, 0.3) is 0 Å². The van der Waals surface area contributed by atoms with Gasteiger partial charge in [0.15, 0.2) is 0 Å². The summed E-state index contributed by atoms with van der Waals surface area (Å²) in [6, 6.07) is 9.39. The van der Waals surface area contributed by atoms with Gasteiger partial charge in [0.25, 0.3) is 5.91 Å². The molecule has 4 unspecified atom stereocenters. The van der Waals surface area contributed by atoms with E-state index in [4.69, 9.17) is 9.72 Å². The highest BCUT2D eigenvalue weighted by Gasteiger charge is 2.56. The number of carbonyl (C=O) groups is 2. The minimum atomic E-state index is -0.566. The summed E-state index contributed by atoms with van der Waals surface area (Å²) in [7, 11) is 0. The molecule has 2 aromatic rings. The molecular weight excluding hydrogens is 409 g/mol. The van der Waals surface area contributed by atoms with E-state index in [1.807, 2.05) is 32.9 Å². The average molecular weight is 438 g/mol. The third-order valence-corrected chi connectivity index (χ3v) is 6.71. The van der Waals surface area contributed by atoms with Crippen molar-refractivity contribution >= 4 is 17.7 Å². The van der Waals surface area contributed by atoms with Gasteiger partial charge in [-0.3, -0.25) is 14.7 Å². The maximum absolute atomic E-state index is 13.2. The first-order chi connectivity index (χ1) is 15.1. The number of halogens is 1. The van der Waals surface area contributed by atoms with Crippen LogP contribution in [0.4, 0.5) is 14.9 Å². The van der Waals surface area contributed by atoms with Crippen molar-refractivity contribution < 1.29 is 18.7 Å². The van der Waals surface area contributed by atoms with Crippen molar-refractivity contribution in [2.75, 3.05) is 11.4 Å². The number of pyridine rings is 1. The van der Waals surface area contributed by atoms with Crippen LogP contribution in [0.3, 0.4) is 0 Å². The molecule has 1 aromatic heterocycles. The van der Waals surface area contributed by atoms with Crippen LogP contribution in [0, 0.1) is 17.7 Å². The number of ether oxygens (including phenoxy) is 1. The van der Waals surface area contributed by atoms with Crippen molar-refractivity contribution in [1.29, 1.82) is 0 Å². The Labute approximate surface area is 187 Å². The number of anilines is 1. The molecule has 2 heterocycles. The second kappa shape index (κ2) is 7.02. The average Bonchev–Trinajstić information content (AvgIpc) is 3.62. The van der Waals surface area contributed by atoms with Crippen molar-refractivity contribution in [3.05, 3.63) is 59.2 Å². The van der Waals surface area contributed by atoms with E-state index in [1.165, 1.54) is 24.3 Å². The fraction of sp³-hybridized carbons (Fsp3) is 0.480. The third-order valence-electron chi connectivity index (χ3n) is 6.71. The monoisotopic (exact) mass is 437 g/mol. The van der Waals surface area contributed by atoms with Crippen molar-refractivity contribution in [3.63, 3.8) is 0 Å². The van der Waals surface area contributed by atoms with Gasteiger partial charge in [-0.1, -0.05) is 6.92 Å². The number of carbonyl (C=O) groups excluding carboxylic acids is 2. The standard InChI is InChI=1S/C25H28FN3O3/c1-14-12-25(14,28-22(30)15-5-7-17(26)8-6-15)20-10-9-19-21(27-20)18-11-16(18)13-29(19)23(31)32-24(2,3)4/h5-10,14,16,18H,11-13H2,1-4H3,(H,28,30). The molecule has 7 heteroatoms. The maximum atomic E-state index is 13.2. The van der Waals surface area contributed by atoms with Gasteiger partial charge in [0.1, 0.15) is 11.4 Å². The Hall–Kier alpha value is -2.96. The molecule has 6 nitrogen and oxygen atoms in total. The van der Waals surface area contributed by atoms with Crippen LogP contribution in [0.2, 0.25) is 0 Å². The zero-order chi connectivity index (χ0) is 22.8. The highest BCUT2D eigenvalue weighted by Crippen LogP contribution is 2.56. The van der Waals surface area contributed by atoms with E-state index < -0.39 is 11.1 Å². The highest BCUT2D eigenvalue weighted by atomic mass is 19.1. The number of hydrogen-bond acceptors (Lipinski definition) is 4. The Bertz CT molecular complexity index is 1090. The Kier molecular flexibility index (Phi) is 4.59. The number of hydrogen-bond donors (Lipinski definition) is 1. The smallest absolute Gasteiger partial charge is 0.414 e. The van der Waals surface area contributed by atoms with E-state index >= 15 is 0 Å². The molecule has 2 amide bonds. The van der Waals surface area contributed by atoms with Gasteiger partial charge in [-0.15, -0.1) is 0 Å². The lowest BCUT2D eigenvalue weighted by Crippen LogP contribution is -2.41. The fourth-order valence-electron chi connectivity index (χ4n) is 4.72. The lowest BCUT2D eigenvalue weighted by molar-refractivity contribution is 0.0576. The molecule has 1 aliphatic heterocycles. The van der Waals surface area contributed by atoms with E-state index in [1.54, 1.807) is 4.90 Å². The molecule has 0 bridgehead atoms. The minimum Gasteiger partial charge on any atom is -0.443 e. The number of aromatic nitrogens is 1. The largest absolute Gasteiger partial charge is 0.443 e. The van der Waals surface area contributed by atoms with Crippen LogP contribution in [-0.2, 0) is 10.3 Å². The van der Waals surface area contributed by atoms with Gasteiger partial charge in [0, 0.05) is 18.0 Å². The molecule has 4 atom stereocenters. The summed E-state index contributed by atoms with van der Waals surface area (Å²) in [5, 5.41) is 3.14. The molecule has 0 radical (unpaired) electrons. The first kappa shape index (κ1) is 20.9. The molecule has 5 rings (SSSR count). The third kappa shape index (κ3) is 3.63. The van der Waals surface area contributed by atoms with Crippen LogP contribution in [0.1, 0.15) is 68.2 Å². The molecule has 1 N–H and O–H groups in total. The maximum Gasteiger partial charge on any atom is 0.414 e. The topological polar surface area (TPSA) is 71.5 Å². The van der Waals surface area contributed by atoms with Crippen molar-refractivity contribution in [3.8, 4) is 0 Å². The Morgan fingerprint density at radius 1 is 1.19 bits per heavy atom. The first-order valence-corrected chi connectivity index (χ1v) is 11.2. The van der Waals surface area contributed by atoms with Crippen molar-refractivity contribution in [2.24, 2.45) is 11.8 Å². The summed E-state index contributed by atoms with van der Waals surface area (Å²) >= 11 is 0. The number of nitrogens with zero attached hydrogens (tertiary/aromatic N) is 2. The first-order valence-electron chi connectivity index (χ1n) is 11.2. The summed E-state index contributed by atoms with van der Waals surface area (Å²) in [6.45, 7) is 8.31. The van der Waals surface area contributed by atoms with Crippen LogP contribution in [0.5, 0.6) is 0 Å². The zero-order valence-electron chi connectivity index (χ0n) is 18.8. The van der Waals surface area contributed by atoms with Crippen LogP contribution in [-0.4, -0.2) is 29.1 Å². The lowest BCUT2D eigenvalue weighted by atomic mass is 10.0. The molecule has 168 valence electrons. The Morgan fingerprint density at radius 3 is 2.50 bits per heavy atom. The number of benzene rings is 1. The SMILES string of the molecule is CC1CC1(NC(=O)c1ccc(F)cc1)c1ccc2c(n1)C1CC1CN2C(=O)OC(C)(C)C. The molecule has 3 aliphatic rings. The van der Waals surface area contributed by atoms with E-state index in [-0.39, 0.29) is 23.7 Å². The highest BCUT2D eigenvalue weighted by molar-refractivity contribution is 5.95. The van der Waals surface area contributed by atoms with Crippen LogP contribution >= 0.6 is 0 Å². The van der Waals surface area contributed by atoms with Crippen LogP contribution in [0.15, 0.2) is 36.4 Å². The molecule has 0 spiro atoms. The van der Waals surface area contributed by atoms with Crippen molar-refractivity contribution in [1.82, 2.24) is 10.3 Å². The molecule has 2 aliphatic carbocycles. The second-order valence-corrected chi connectivity index (χ2v) is 10.3. The van der Waals surface area contributed by atoms with Gasteiger partial charge in [0.05, 0.1) is 22.6 Å². The van der Waals surface area contributed by atoms with Gasteiger partial charge in [0.2, 0.25) is 0 Å². The molecule has 0 saturated heterocycles. The number of amides is 2. The summed E-state index contributed by atoms with van der Waals surface area (Å²) in [6.07, 6.45) is 1.45. The second-order valence-electron chi connectivity index (χ2n) is 10.3.